The Morgan fingerprint density at radius 3 is 2.37 bits per heavy atom. The van der Waals surface area contributed by atoms with Crippen LogP contribution in [0.15, 0.2) is 60.8 Å². The molecule has 1 aliphatic heterocycles. The zero-order valence-electron chi connectivity index (χ0n) is 38.6. The van der Waals surface area contributed by atoms with Gasteiger partial charge in [0.25, 0.3) is 17.7 Å². The number of nitrogens with two attached hydrogens (primary N) is 1. The van der Waals surface area contributed by atoms with E-state index in [0.717, 1.165) is 67.6 Å². The van der Waals surface area contributed by atoms with Crippen molar-refractivity contribution in [2.75, 3.05) is 33.9 Å². The van der Waals surface area contributed by atoms with Gasteiger partial charge in [-0.3, -0.25) is 33.7 Å². The van der Waals surface area contributed by atoms with Crippen molar-refractivity contribution in [1.82, 2.24) is 14.8 Å². The molecule has 3 saturated carbocycles. The highest BCUT2D eigenvalue weighted by Crippen LogP contribution is 2.38. The molecule has 350 valence electrons. The molecule has 67 heavy (non-hydrogen) atoms. The maximum atomic E-state index is 14.5. The molecule has 3 amide bonds. The summed E-state index contributed by atoms with van der Waals surface area (Å²) in [5.74, 6) is 5.15. The third-order valence-electron chi connectivity index (χ3n) is 14.4. The van der Waals surface area contributed by atoms with Crippen LogP contribution in [0.2, 0.25) is 0 Å². The molecule has 13 heteroatoms. The van der Waals surface area contributed by atoms with Crippen molar-refractivity contribution >= 4 is 45.8 Å². The number of amides is 3. The van der Waals surface area contributed by atoms with Gasteiger partial charge in [0.2, 0.25) is 5.88 Å². The summed E-state index contributed by atoms with van der Waals surface area (Å²) in [6.45, 7) is 4.03. The predicted octanol–water partition coefficient (Wildman–Crippen LogP) is 7.47. The van der Waals surface area contributed by atoms with Gasteiger partial charge in [0.15, 0.2) is 17.7 Å². The highest BCUT2D eigenvalue weighted by molar-refractivity contribution is 6.24. The van der Waals surface area contributed by atoms with E-state index in [-0.39, 0.29) is 72.8 Å². The number of carbonyl (C=O) groups excluding carboxylic acids is 6. The lowest BCUT2D eigenvalue weighted by Gasteiger charge is -2.29. The van der Waals surface area contributed by atoms with E-state index in [4.69, 9.17) is 15.2 Å². The van der Waals surface area contributed by atoms with Gasteiger partial charge in [-0.15, -0.1) is 0 Å². The summed E-state index contributed by atoms with van der Waals surface area (Å²) >= 11 is 0. The average Bonchev–Trinajstić information content (AvgIpc) is 3.75. The number of methoxy groups -OCH3 is 1. The molecule has 0 spiro atoms. The highest BCUT2D eigenvalue weighted by Gasteiger charge is 2.45. The molecule has 3 aliphatic carbocycles. The maximum absolute atomic E-state index is 14.5. The van der Waals surface area contributed by atoms with Gasteiger partial charge in [-0.25, -0.2) is 9.37 Å². The first-order valence-electron chi connectivity index (χ1n) is 23.8. The van der Waals surface area contributed by atoms with Crippen LogP contribution in [0.5, 0.6) is 11.6 Å². The number of primary amides is 1. The Morgan fingerprint density at radius 1 is 0.925 bits per heavy atom. The van der Waals surface area contributed by atoms with E-state index in [1.807, 2.05) is 13.0 Å². The van der Waals surface area contributed by atoms with E-state index in [1.54, 1.807) is 30.5 Å². The van der Waals surface area contributed by atoms with Crippen LogP contribution in [0, 0.1) is 35.5 Å². The van der Waals surface area contributed by atoms with Crippen molar-refractivity contribution in [3.8, 4) is 23.5 Å². The Kier molecular flexibility index (Phi) is 14.6. The summed E-state index contributed by atoms with van der Waals surface area (Å²) in [6.07, 6.45) is 8.40. The fraction of sp³-hybridized carbons (Fsp3) is 0.463. The van der Waals surface area contributed by atoms with E-state index in [0.29, 0.717) is 58.5 Å². The number of ether oxygens (including phenoxy) is 2. The number of carbonyl (C=O) groups is 6. The lowest BCUT2D eigenvalue weighted by Crippen LogP contribution is -2.47. The summed E-state index contributed by atoms with van der Waals surface area (Å²) in [5, 5.41) is 1.25. The number of alkyl halides is 1. The minimum atomic E-state index is -1.47. The number of hydrogen-bond donors (Lipinski definition) is 1. The average molecular weight is 911 g/mol. The summed E-state index contributed by atoms with van der Waals surface area (Å²) in [4.78, 5) is 83.8. The second-order valence-electron chi connectivity index (χ2n) is 18.9. The van der Waals surface area contributed by atoms with Gasteiger partial charge in [-0.2, -0.15) is 0 Å². The highest BCUT2D eigenvalue weighted by atomic mass is 19.1. The molecule has 3 fully saturated rings. The Morgan fingerprint density at radius 2 is 1.67 bits per heavy atom. The molecule has 4 atom stereocenters. The number of hydrogen-bond acceptors (Lipinski definition) is 10. The molecular formula is C54H59FN4O8. The van der Waals surface area contributed by atoms with E-state index >= 15 is 0 Å². The van der Waals surface area contributed by atoms with Crippen LogP contribution in [0.4, 0.5) is 4.39 Å². The largest absolute Gasteiger partial charge is 0.496 e. The number of fused-ring (bicyclic) bond motifs is 2. The molecule has 0 bridgehead atoms. The number of halogens is 1. The first kappa shape index (κ1) is 47.2. The number of pyridine rings is 1. The van der Waals surface area contributed by atoms with Gasteiger partial charge < -0.3 is 20.1 Å². The lowest BCUT2D eigenvalue weighted by atomic mass is 9.82. The lowest BCUT2D eigenvalue weighted by molar-refractivity contribution is -0.132. The van der Waals surface area contributed by atoms with Gasteiger partial charge >= 0.3 is 0 Å². The number of nitrogens with zero attached hydrogens (tertiary/aromatic N) is 3. The molecule has 4 aliphatic rings. The molecule has 2 N–H and O–H groups in total. The minimum absolute atomic E-state index is 0.130. The van der Waals surface area contributed by atoms with Gasteiger partial charge in [0.1, 0.15) is 11.5 Å². The van der Waals surface area contributed by atoms with Gasteiger partial charge in [0.05, 0.1) is 48.4 Å². The molecule has 3 aromatic carbocycles. The summed E-state index contributed by atoms with van der Waals surface area (Å²) in [7, 11) is 3.65. The second-order valence-corrected chi connectivity index (χ2v) is 18.9. The van der Waals surface area contributed by atoms with Crippen LogP contribution in [-0.2, 0) is 33.6 Å². The number of ketones is 3. The van der Waals surface area contributed by atoms with Crippen LogP contribution >= 0.6 is 0 Å². The topological polar surface area (TPSA) is 166 Å². The Bertz CT molecular complexity index is 2650. The fourth-order valence-corrected chi connectivity index (χ4v) is 10.6. The fourth-order valence-electron chi connectivity index (χ4n) is 10.6. The Labute approximate surface area is 391 Å². The maximum Gasteiger partial charge on any atom is 0.262 e. The number of aromatic nitrogens is 1. The number of rotatable bonds is 16. The standard InChI is InChI=1S/C54H59FN4O8/c1-4-40-38(25-47(62)50(40)55)31-67-52-43-28-48(66-3)44(51(56)63)27-42(43)37(29-57-52)21-19-34-14-16-35(17-15-34)30-58(2)24-6-7-32-10-12-33(13-11-32)18-20-36-8-5-9-41-49(36)54(65)59(53(41)64)45-23-22-39(60)26-46(45)61/h5,8-13,27-29,34-35,38,40,45,50H,4,6-7,14-18,20,22-26,30-31H2,1-3H3,(H2,56,63)/t34?,35?,38-,40+,45?,50+/m1/s1. The molecule has 4 aromatic rings. The van der Waals surface area contributed by atoms with E-state index in [1.165, 1.54) is 12.7 Å². The molecule has 0 saturated heterocycles. The zero-order valence-corrected chi connectivity index (χ0v) is 38.6. The quantitative estimate of drug-likeness (QED) is 0.0677. The number of benzene rings is 3. The van der Waals surface area contributed by atoms with Crippen LogP contribution in [-0.4, -0.2) is 95.9 Å². The van der Waals surface area contributed by atoms with Gasteiger partial charge in [-0.05, 0) is 119 Å². The monoisotopic (exact) mass is 910 g/mol. The van der Waals surface area contributed by atoms with Crippen molar-refractivity contribution in [2.24, 2.45) is 29.4 Å². The first-order valence-corrected chi connectivity index (χ1v) is 23.8. The molecule has 2 heterocycles. The van der Waals surface area contributed by atoms with Crippen LogP contribution in [0.3, 0.4) is 0 Å². The minimum Gasteiger partial charge on any atom is -0.496 e. The van der Waals surface area contributed by atoms with Crippen molar-refractivity contribution < 1.29 is 42.6 Å². The summed E-state index contributed by atoms with van der Waals surface area (Å²) < 4.78 is 26.2. The number of imide groups is 1. The summed E-state index contributed by atoms with van der Waals surface area (Å²) in [6, 6.07) is 16.4. The number of aryl methyl sites for hydroxylation is 3. The normalized spacial score (nSPS) is 22.9. The first-order chi connectivity index (χ1) is 32.3. The van der Waals surface area contributed by atoms with Crippen molar-refractivity contribution in [1.29, 1.82) is 0 Å². The second kappa shape index (κ2) is 20.7. The van der Waals surface area contributed by atoms with Gasteiger partial charge in [-0.1, -0.05) is 55.2 Å². The van der Waals surface area contributed by atoms with Crippen molar-refractivity contribution in [2.45, 2.75) is 103 Å². The molecule has 1 unspecified atom stereocenters. The van der Waals surface area contributed by atoms with Crippen LogP contribution in [0.1, 0.15) is 124 Å². The summed E-state index contributed by atoms with van der Waals surface area (Å²) in [5.41, 5.74) is 10.5. The van der Waals surface area contributed by atoms with E-state index in [9.17, 15) is 33.2 Å². The molecule has 8 rings (SSSR count). The van der Waals surface area contributed by atoms with Gasteiger partial charge in [0, 0.05) is 54.1 Å². The Hall–Kier alpha value is -6.26. The van der Waals surface area contributed by atoms with Crippen molar-refractivity contribution in [3.63, 3.8) is 0 Å². The third kappa shape index (κ3) is 10.3. The zero-order chi connectivity index (χ0) is 47.4. The molecule has 12 nitrogen and oxygen atoms in total. The predicted molar refractivity (Wildman–Crippen MR) is 251 cm³/mol. The SMILES string of the molecule is CC[C@H]1[C@@H](COc2ncc(C#CC3CCC(CN(C)CCCc4ccc(CCc5cccc6c5C(=O)N(C5CCC(=O)CC5=O)C6=O)cc4)CC3)c3cc(C(N)=O)c(OC)cc23)CC(=O)[C@H]1F. The number of Topliss-reactive ketones (excluding diaryl/α,β-unsaturated/α-hetero) is 3. The van der Waals surface area contributed by atoms with Crippen molar-refractivity contribution in [3.05, 3.63) is 99.7 Å². The smallest absolute Gasteiger partial charge is 0.262 e. The van der Waals surface area contributed by atoms with Crippen LogP contribution in [0.25, 0.3) is 10.8 Å². The van der Waals surface area contributed by atoms with E-state index < -0.39 is 35.9 Å². The molecule has 1 aromatic heterocycles. The Balaban J connectivity index is 0.801. The van der Waals surface area contributed by atoms with Crippen LogP contribution < -0.4 is 15.2 Å². The molecular weight excluding hydrogens is 852 g/mol. The third-order valence-corrected chi connectivity index (χ3v) is 14.4. The van der Waals surface area contributed by atoms with E-state index in [2.05, 4.69) is 53.0 Å². The molecule has 0 radical (unpaired) electrons.